The summed E-state index contributed by atoms with van der Waals surface area (Å²) in [5.74, 6) is 0.827. The fourth-order valence-electron chi connectivity index (χ4n) is 2.56. The Morgan fingerprint density at radius 1 is 1.31 bits per heavy atom. The summed E-state index contributed by atoms with van der Waals surface area (Å²) in [5, 5.41) is 3.04. The van der Waals surface area contributed by atoms with E-state index in [4.69, 9.17) is 10.5 Å². The summed E-state index contributed by atoms with van der Waals surface area (Å²) in [6.07, 6.45) is 0.917. The average Bonchev–Trinajstić information content (AvgIpc) is 3.44. The van der Waals surface area contributed by atoms with Crippen LogP contribution >= 0.6 is 0 Å². The molecule has 1 aromatic heterocycles. The first-order valence-electron chi connectivity index (χ1n) is 8.51. The van der Waals surface area contributed by atoms with Crippen LogP contribution in [0.2, 0.25) is 0 Å². The lowest BCUT2D eigenvalue weighted by molar-refractivity contribution is 0.146. The average molecular weight is 366 g/mol. The molecule has 0 saturated heterocycles. The number of nitrogens with zero attached hydrogens (tertiary/aromatic N) is 2. The van der Waals surface area contributed by atoms with Crippen molar-refractivity contribution in [2.75, 3.05) is 11.9 Å². The van der Waals surface area contributed by atoms with Crippen molar-refractivity contribution in [3.63, 3.8) is 0 Å². The minimum Gasteiger partial charge on any atom is -0.488 e. The second-order valence-corrected chi connectivity index (χ2v) is 6.37. The number of alkyl halides is 2. The molecular formula is C18H21F3N4O. The van der Waals surface area contributed by atoms with Crippen LogP contribution in [0.3, 0.4) is 0 Å². The SMILES string of the molecule is C[C@@H](Nc1nc(CN)ncc1OCC1CC1)c1cccc(C(F)F)c1F. The van der Waals surface area contributed by atoms with E-state index in [9.17, 15) is 13.2 Å². The van der Waals surface area contributed by atoms with Gasteiger partial charge in [0.15, 0.2) is 11.6 Å². The van der Waals surface area contributed by atoms with Gasteiger partial charge in [-0.15, -0.1) is 0 Å². The van der Waals surface area contributed by atoms with Crippen molar-refractivity contribution in [3.05, 3.63) is 47.2 Å². The van der Waals surface area contributed by atoms with Gasteiger partial charge in [0, 0.05) is 5.56 Å². The highest BCUT2D eigenvalue weighted by Gasteiger charge is 2.24. The van der Waals surface area contributed by atoms with Crippen LogP contribution in [0.4, 0.5) is 19.0 Å². The van der Waals surface area contributed by atoms with Crippen LogP contribution in [0.15, 0.2) is 24.4 Å². The second-order valence-electron chi connectivity index (χ2n) is 6.37. The Morgan fingerprint density at radius 2 is 2.04 bits per heavy atom. The van der Waals surface area contributed by atoms with Gasteiger partial charge in [-0.25, -0.2) is 23.1 Å². The highest BCUT2D eigenvalue weighted by molar-refractivity contribution is 5.50. The Morgan fingerprint density at radius 3 is 2.69 bits per heavy atom. The first kappa shape index (κ1) is 18.4. The second kappa shape index (κ2) is 7.90. The van der Waals surface area contributed by atoms with Crippen molar-refractivity contribution in [2.45, 2.75) is 38.8 Å². The third kappa shape index (κ3) is 4.24. The van der Waals surface area contributed by atoms with E-state index >= 15 is 0 Å². The van der Waals surface area contributed by atoms with Crippen LogP contribution in [0.1, 0.15) is 49.2 Å². The first-order chi connectivity index (χ1) is 12.5. The molecule has 1 aromatic carbocycles. The third-order valence-corrected chi connectivity index (χ3v) is 4.27. The Bertz CT molecular complexity index is 768. The van der Waals surface area contributed by atoms with Gasteiger partial charge in [0.2, 0.25) is 0 Å². The quantitative estimate of drug-likeness (QED) is 0.739. The zero-order valence-corrected chi connectivity index (χ0v) is 14.4. The first-order valence-corrected chi connectivity index (χ1v) is 8.51. The molecule has 0 spiro atoms. The summed E-state index contributed by atoms with van der Waals surface area (Å²) in [5.41, 5.74) is 5.09. The molecule has 0 amide bonds. The maximum absolute atomic E-state index is 14.4. The predicted molar refractivity (Wildman–Crippen MR) is 91.5 cm³/mol. The van der Waals surface area contributed by atoms with Gasteiger partial charge in [-0.2, -0.15) is 0 Å². The summed E-state index contributed by atoms with van der Waals surface area (Å²) < 4.78 is 46.0. The van der Waals surface area contributed by atoms with Crippen LogP contribution in [-0.2, 0) is 6.54 Å². The minimum absolute atomic E-state index is 0.129. The molecule has 0 radical (unpaired) electrons. The standard InChI is InChI=1S/C18H21F3N4O/c1-10(12-3-2-4-13(16(12)19)17(20)21)24-18-14(26-9-11-5-6-11)8-23-15(7-22)25-18/h2-4,8,10-11,17H,5-7,9,22H2,1H3,(H,23,24,25)/t10-/m1/s1. The van der Waals surface area contributed by atoms with Gasteiger partial charge in [0.1, 0.15) is 11.6 Å². The number of ether oxygens (including phenoxy) is 1. The van der Waals surface area contributed by atoms with Crippen LogP contribution in [0.5, 0.6) is 5.75 Å². The fourth-order valence-corrected chi connectivity index (χ4v) is 2.56. The number of aromatic nitrogens is 2. The van der Waals surface area contributed by atoms with Gasteiger partial charge in [-0.3, -0.25) is 0 Å². The molecule has 1 fully saturated rings. The predicted octanol–water partition coefficient (Wildman–Crippen LogP) is 3.97. The molecule has 1 atom stereocenters. The molecule has 0 aliphatic heterocycles. The molecule has 26 heavy (non-hydrogen) atoms. The van der Waals surface area contributed by atoms with E-state index in [0.29, 0.717) is 29.9 Å². The molecular weight excluding hydrogens is 345 g/mol. The normalized spacial score (nSPS) is 15.2. The van der Waals surface area contributed by atoms with Gasteiger partial charge in [-0.05, 0) is 25.7 Å². The summed E-state index contributed by atoms with van der Waals surface area (Å²) >= 11 is 0. The van der Waals surface area contributed by atoms with E-state index in [-0.39, 0.29) is 12.1 Å². The molecule has 1 aliphatic rings. The third-order valence-electron chi connectivity index (χ3n) is 4.27. The molecule has 1 aliphatic carbocycles. The summed E-state index contributed by atoms with van der Waals surface area (Å²) in [7, 11) is 0. The molecule has 3 N–H and O–H groups in total. The van der Waals surface area contributed by atoms with Gasteiger partial charge in [0.25, 0.3) is 6.43 Å². The van der Waals surface area contributed by atoms with Crippen molar-refractivity contribution in [3.8, 4) is 5.75 Å². The minimum atomic E-state index is -2.87. The highest BCUT2D eigenvalue weighted by Crippen LogP contribution is 2.33. The van der Waals surface area contributed by atoms with Crippen LogP contribution in [-0.4, -0.2) is 16.6 Å². The lowest BCUT2D eigenvalue weighted by Gasteiger charge is -2.19. The van der Waals surface area contributed by atoms with Gasteiger partial charge in [-0.1, -0.05) is 18.2 Å². The number of halogens is 3. The largest absolute Gasteiger partial charge is 0.488 e. The molecule has 3 rings (SSSR count). The van der Waals surface area contributed by atoms with E-state index in [1.165, 1.54) is 18.3 Å². The van der Waals surface area contributed by atoms with Crippen molar-refractivity contribution >= 4 is 5.82 Å². The fraction of sp³-hybridized carbons (Fsp3) is 0.444. The molecule has 1 heterocycles. The highest BCUT2D eigenvalue weighted by atomic mass is 19.3. The number of anilines is 1. The maximum atomic E-state index is 14.4. The number of nitrogens with two attached hydrogens (primary N) is 1. The van der Waals surface area contributed by atoms with E-state index in [2.05, 4.69) is 15.3 Å². The summed E-state index contributed by atoms with van der Waals surface area (Å²) in [4.78, 5) is 8.42. The van der Waals surface area contributed by atoms with E-state index < -0.39 is 23.8 Å². The van der Waals surface area contributed by atoms with Crippen LogP contribution < -0.4 is 15.8 Å². The number of hydrogen-bond acceptors (Lipinski definition) is 5. The lowest BCUT2D eigenvalue weighted by atomic mass is 10.0. The number of benzene rings is 1. The molecule has 0 unspecified atom stereocenters. The van der Waals surface area contributed by atoms with Crippen molar-refractivity contribution < 1.29 is 17.9 Å². The molecule has 140 valence electrons. The Kier molecular flexibility index (Phi) is 5.61. The smallest absolute Gasteiger partial charge is 0.266 e. The molecule has 5 nitrogen and oxygen atoms in total. The van der Waals surface area contributed by atoms with Crippen LogP contribution in [0, 0.1) is 11.7 Å². The van der Waals surface area contributed by atoms with Gasteiger partial charge < -0.3 is 15.8 Å². The number of hydrogen-bond donors (Lipinski definition) is 2. The maximum Gasteiger partial charge on any atom is 0.266 e. The Hall–Kier alpha value is -2.35. The molecule has 8 heteroatoms. The Balaban J connectivity index is 1.83. The van der Waals surface area contributed by atoms with E-state index in [1.54, 1.807) is 6.92 Å². The summed E-state index contributed by atoms with van der Waals surface area (Å²) in [6.45, 7) is 2.37. The zero-order chi connectivity index (χ0) is 18.7. The number of nitrogens with one attached hydrogen (secondary N) is 1. The molecule has 1 saturated carbocycles. The molecule has 2 aromatic rings. The van der Waals surface area contributed by atoms with Crippen molar-refractivity contribution in [2.24, 2.45) is 11.7 Å². The van der Waals surface area contributed by atoms with Crippen molar-refractivity contribution in [1.82, 2.24) is 9.97 Å². The van der Waals surface area contributed by atoms with E-state index in [1.807, 2.05) is 0 Å². The zero-order valence-electron chi connectivity index (χ0n) is 14.4. The molecule has 0 bridgehead atoms. The monoisotopic (exact) mass is 366 g/mol. The summed E-state index contributed by atoms with van der Waals surface area (Å²) in [6, 6.07) is 3.36. The Labute approximate surface area is 149 Å². The van der Waals surface area contributed by atoms with Crippen LogP contribution in [0.25, 0.3) is 0 Å². The van der Waals surface area contributed by atoms with E-state index in [0.717, 1.165) is 18.9 Å². The lowest BCUT2D eigenvalue weighted by Crippen LogP contribution is -2.15. The topological polar surface area (TPSA) is 73.1 Å². The van der Waals surface area contributed by atoms with Gasteiger partial charge >= 0.3 is 0 Å². The van der Waals surface area contributed by atoms with Gasteiger partial charge in [0.05, 0.1) is 31.0 Å². The van der Waals surface area contributed by atoms with Crippen molar-refractivity contribution in [1.29, 1.82) is 0 Å². The number of rotatable bonds is 8.